The van der Waals surface area contributed by atoms with E-state index < -0.39 is 0 Å². The first-order valence-corrected chi connectivity index (χ1v) is 9.99. The Bertz CT molecular complexity index is 671. The van der Waals surface area contributed by atoms with Crippen LogP contribution in [0.5, 0.6) is 5.75 Å². The van der Waals surface area contributed by atoms with Crippen molar-refractivity contribution >= 4 is 0 Å². The predicted octanol–water partition coefficient (Wildman–Crippen LogP) is 4.62. The molecule has 0 aromatic heterocycles. The van der Waals surface area contributed by atoms with Gasteiger partial charge in [0.2, 0.25) is 0 Å². The maximum absolute atomic E-state index is 5.60. The third-order valence-corrected chi connectivity index (χ3v) is 5.34. The van der Waals surface area contributed by atoms with Gasteiger partial charge in [-0.3, -0.25) is 0 Å². The van der Waals surface area contributed by atoms with Crippen molar-refractivity contribution in [2.75, 3.05) is 13.7 Å². The summed E-state index contributed by atoms with van der Waals surface area (Å²) in [7, 11) is 1.76. The number of methoxy groups -OCH3 is 1. The molecule has 0 bridgehead atoms. The number of nitrogens with one attached hydrogen (secondary N) is 2. The van der Waals surface area contributed by atoms with Crippen LogP contribution in [0.15, 0.2) is 48.5 Å². The minimum absolute atomic E-state index is 0.374. The Balaban J connectivity index is 1.70. The van der Waals surface area contributed by atoms with Gasteiger partial charge in [0.05, 0.1) is 7.11 Å². The molecule has 0 aliphatic carbocycles. The number of ether oxygens (including phenoxy) is 1. The largest absolute Gasteiger partial charge is 0.496 e. The van der Waals surface area contributed by atoms with Crippen LogP contribution in [0.1, 0.15) is 55.3 Å². The molecule has 2 atom stereocenters. The van der Waals surface area contributed by atoms with Crippen molar-refractivity contribution in [2.45, 2.75) is 57.7 Å². The summed E-state index contributed by atoms with van der Waals surface area (Å²) in [4.78, 5) is 0. The predicted molar refractivity (Wildman–Crippen MR) is 109 cm³/mol. The molecule has 1 fully saturated rings. The Kier molecular flexibility index (Phi) is 7.10. The lowest BCUT2D eigenvalue weighted by Gasteiger charge is -2.34. The summed E-state index contributed by atoms with van der Waals surface area (Å²) >= 11 is 0. The summed E-state index contributed by atoms with van der Waals surface area (Å²) in [5.41, 5.74) is 4.04. The quantitative estimate of drug-likeness (QED) is 0.727. The third-order valence-electron chi connectivity index (χ3n) is 5.34. The Labute approximate surface area is 158 Å². The van der Waals surface area contributed by atoms with Crippen molar-refractivity contribution in [3.05, 3.63) is 65.2 Å². The number of unbranched alkanes of at least 4 members (excludes halogenated alkanes) is 1. The summed E-state index contributed by atoms with van der Waals surface area (Å²) < 4.78 is 5.60. The van der Waals surface area contributed by atoms with Gasteiger partial charge in [-0.2, -0.15) is 0 Å². The molecule has 0 radical (unpaired) electrons. The smallest absolute Gasteiger partial charge is 0.123 e. The molecule has 2 aromatic rings. The van der Waals surface area contributed by atoms with E-state index in [9.17, 15) is 0 Å². The highest BCUT2D eigenvalue weighted by atomic mass is 16.5. The van der Waals surface area contributed by atoms with E-state index >= 15 is 0 Å². The van der Waals surface area contributed by atoms with Gasteiger partial charge in [-0.25, -0.2) is 0 Å². The fourth-order valence-electron chi connectivity index (χ4n) is 3.87. The zero-order valence-corrected chi connectivity index (χ0v) is 16.1. The monoisotopic (exact) mass is 352 g/mol. The molecular weight excluding hydrogens is 320 g/mol. The molecule has 3 heteroatoms. The summed E-state index contributed by atoms with van der Waals surface area (Å²) in [5, 5.41) is 7.50. The number of aryl methyl sites for hydroxylation is 1. The van der Waals surface area contributed by atoms with E-state index in [0.717, 1.165) is 25.3 Å². The summed E-state index contributed by atoms with van der Waals surface area (Å²) in [6.45, 7) is 4.18. The third kappa shape index (κ3) is 4.87. The van der Waals surface area contributed by atoms with Crippen LogP contribution in [0.2, 0.25) is 0 Å². The minimum Gasteiger partial charge on any atom is -0.496 e. The molecule has 0 saturated carbocycles. The Morgan fingerprint density at radius 3 is 2.77 bits per heavy atom. The molecule has 2 N–H and O–H groups in total. The Hall–Kier alpha value is -1.84. The molecule has 1 aliphatic rings. The summed E-state index contributed by atoms with van der Waals surface area (Å²) in [5.74, 6) is 0.984. The number of benzene rings is 2. The fourth-order valence-corrected chi connectivity index (χ4v) is 3.87. The molecule has 0 unspecified atom stereocenters. The van der Waals surface area contributed by atoms with Crippen molar-refractivity contribution in [3.63, 3.8) is 0 Å². The molecule has 0 spiro atoms. The lowest BCUT2D eigenvalue weighted by molar-refractivity contribution is 0.303. The summed E-state index contributed by atoms with van der Waals surface area (Å²) in [6.07, 6.45) is 6.03. The van der Waals surface area contributed by atoms with Gasteiger partial charge in [-0.1, -0.05) is 55.8 Å². The molecule has 140 valence electrons. The Morgan fingerprint density at radius 1 is 1.15 bits per heavy atom. The van der Waals surface area contributed by atoms with Crippen LogP contribution in [-0.2, 0) is 13.0 Å². The van der Waals surface area contributed by atoms with Crippen molar-refractivity contribution < 1.29 is 4.74 Å². The molecule has 0 amide bonds. The van der Waals surface area contributed by atoms with E-state index in [1.807, 2.05) is 0 Å². The van der Waals surface area contributed by atoms with E-state index in [4.69, 9.17) is 4.74 Å². The highest BCUT2D eigenvalue weighted by Gasteiger charge is 2.25. The van der Waals surface area contributed by atoms with E-state index in [0.29, 0.717) is 12.1 Å². The van der Waals surface area contributed by atoms with Crippen LogP contribution >= 0.6 is 0 Å². The zero-order valence-electron chi connectivity index (χ0n) is 16.1. The first-order valence-electron chi connectivity index (χ1n) is 9.99. The molecule has 1 heterocycles. The average Bonchev–Trinajstić information content (AvgIpc) is 2.71. The lowest BCUT2D eigenvalue weighted by Crippen LogP contribution is -2.45. The van der Waals surface area contributed by atoms with Crippen LogP contribution in [-0.4, -0.2) is 19.7 Å². The van der Waals surface area contributed by atoms with E-state index in [-0.39, 0.29) is 0 Å². The highest BCUT2D eigenvalue weighted by molar-refractivity contribution is 5.37. The number of hydrogen-bond acceptors (Lipinski definition) is 3. The fraction of sp³-hybridized carbons (Fsp3) is 0.478. The van der Waals surface area contributed by atoms with Gasteiger partial charge >= 0.3 is 0 Å². The highest BCUT2D eigenvalue weighted by Crippen LogP contribution is 2.26. The molecule has 3 rings (SSSR count). The Morgan fingerprint density at radius 2 is 2.00 bits per heavy atom. The van der Waals surface area contributed by atoms with Gasteiger partial charge in [0.25, 0.3) is 0 Å². The van der Waals surface area contributed by atoms with E-state index in [2.05, 4.69) is 66.1 Å². The standard InChI is InChI=1S/C23H32N2O/c1-3-4-9-18-13-14-22(26-2)20(16-18)17-25-21-12-8-15-24-23(21)19-10-6-5-7-11-19/h5-7,10-11,13-14,16,21,23-25H,3-4,8-9,12,15,17H2,1-2H3/t21-,23-/m0/s1. The number of piperidine rings is 1. The molecule has 26 heavy (non-hydrogen) atoms. The minimum atomic E-state index is 0.374. The number of hydrogen-bond donors (Lipinski definition) is 2. The molecular formula is C23H32N2O. The van der Waals surface area contributed by atoms with Crippen molar-refractivity contribution in [1.29, 1.82) is 0 Å². The van der Waals surface area contributed by atoms with Crippen LogP contribution in [0.4, 0.5) is 0 Å². The summed E-state index contributed by atoms with van der Waals surface area (Å²) in [6, 6.07) is 18.2. The second kappa shape index (κ2) is 9.75. The van der Waals surface area contributed by atoms with Crippen LogP contribution in [0.25, 0.3) is 0 Å². The number of rotatable bonds is 8. The SMILES string of the molecule is CCCCc1ccc(OC)c(CN[C@H]2CCCN[C@H]2c2ccccc2)c1. The van der Waals surface area contributed by atoms with Gasteiger partial charge < -0.3 is 15.4 Å². The first kappa shape index (κ1) is 18.9. The zero-order chi connectivity index (χ0) is 18.2. The molecule has 2 aromatic carbocycles. The van der Waals surface area contributed by atoms with E-state index in [1.165, 1.54) is 42.4 Å². The second-order valence-corrected chi connectivity index (χ2v) is 7.22. The molecule has 3 nitrogen and oxygen atoms in total. The van der Waals surface area contributed by atoms with Gasteiger partial charge in [0.15, 0.2) is 0 Å². The van der Waals surface area contributed by atoms with Crippen molar-refractivity contribution in [1.82, 2.24) is 10.6 Å². The van der Waals surface area contributed by atoms with Gasteiger partial charge in [0, 0.05) is 24.2 Å². The van der Waals surface area contributed by atoms with E-state index in [1.54, 1.807) is 7.11 Å². The maximum Gasteiger partial charge on any atom is 0.123 e. The van der Waals surface area contributed by atoms with Crippen molar-refractivity contribution in [3.8, 4) is 5.75 Å². The normalized spacial score (nSPS) is 20.1. The molecule has 1 aliphatic heterocycles. The van der Waals surface area contributed by atoms with Gasteiger partial charge in [0.1, 0.15) is 5.75 Å². The van der Waals surface area contributed by atoms with Crippen LogP contribution in [0, 0.1) is 0 Å². The topological polar surface area (TPSA) is 33.3 Å². The second-order valence-electron chi connectivity index (χ2n) is 7.22. The van der Waals surface area contributed by atoms with Crippen LogP contribution < -0.4 is 15.4 Å². The van der Waals surface area contributed by atoms with Crippen molar-refractivity contribution in [2.24, 2.45) is 0 Å². The van der Waals surface area contributed by atoms with Gasteiger partial charge in [-0.15, -0.1) is 0 Å². The first-order chi connectivity index (χ1) is 12.8. The van der Waals surface area contributed by atoms with Crippen LogP contribution in [0.3, 0.4) is 0 Å². The van der Waals surface area contributed by atoms with Gasteiger partial charge in [-0.05, 0) is 49.4 Å². The lowest BCUT2D eigenvalue weighted by atomic mass is 9.92. The average molecular weight is 353 g/mol. The molecule has 1 saturated heterocycles. The maximum atomic E-state index is 5.60.